The highest BCUT2D eigenvalue weighted by molar-refractivity contribution is 7.89. The second-order valence-corrected chi connectivity index (χ2v) is 6.75. The Morgan fingerprint density at radius 1 is 1.42 bits per heavy atom. The molecule has 0 bridgehead atoms. The second-order valence-electron chi connectivity index (χ2n) is 5.06. The van der Waals surface area contributed by atoms with Crippen LogP contribution in [0.25, 0.3) is 0 Å². The molecule has 1 aromatic carbocycles. The van der Waals surface area contributed by atoms with E-state index in [1.165, 1.54) is 12.1 Å². The summed E-state index contributed by atoms with van der Waals surface area (Å²) in [6.07, 6.45) is 2.74. The van der Waals surface area contributed by atoms with Gasteiger partial charge in [0.05, 0.1) is 4.90 Å². The van der Waals surface area contributed by atoms with E-state index in [1.54, 1.807) is 6.92 Å². The molecule has 0 radical (unpaired) electrons. The van der Waals surface area contributed by atoms with Crippen molar-refractivity contribution in [2.75, 3.05) is 6.54 Å². The molecule has 4 nitrogen and oxygen atoms in total. The second kappa shape index (κ2) is 5.56. The van der Waals surface area contributed by atoms with Crippen LogP contribution in [0.1, 0.15) is 24.8 Å². The number of hydrogen-bond acceptors (Lipinski definition) is 3. The molecule has 1 aliphatic carbocycles. The van der Waals surface area contributed by atoms with E-state index in [4.69, 9.17) is 5.73 Å². The molecule has 6 heteroatoms. The minimum absolute atomic E-state index is 0.112. The molecule has 0 amide bonds. The van der Waals surface area contributed by atoms with Crippen molar-refractivity contribution in [1.82, 2.24) is 4.72 Å². The smallest absolute Gasteiger partial charge is 0.241 e. The highest BCUT2D eigenvalue weighted by atomic mass is 32.2. The summed E-state index contributed by atoms with van der Waals surface area (Å²) >= 11 is 0. The topological polar surface area (TPSA) is 72.2 Å². The summed E-state index contributed by atoms with van der Waals surface area (Å²) in [7, 11) is -3.61. The largest absolute Gasteiger partial charge is 0.330 e. The van der Waals surface area contributed by atoms with Gasteiger partial charge in [0.25, 0.3) is 0 Å². The molecule has 0 aliphatic heterocycles. The van der Waals surface area contributed by atoms with Crippen LogP contribution in [0, 0.1) is 18.7 Å². The highest BCUT2D eigenvalue weighted by Crippen LogP contribution is 2.26. The fourth-order valence-electron chi connectivity index (χ4n) is 2.65. The van der Waals surface area contributed by atoms with Crippen LogP contribution in [0.5, 0.6) is 0 Å². The maximum Gasteiger partial charge on any atom is 0.241 e. The summed E-state index contributed by atoms with van der Waals surface area (Å²) in [5, 5.41) is 0. The van der Waals surface area contributed by atoms with Crippen LogP contribution in [-0.2, 0) is 10.0 Å². The molecular formula is C13H19FN2O2S. The quantitative estimate of drug-likeness (QED) is 0.882. The SMILES string of the molecule is Cc1cc(F)ccc1S(=O)(=O)NC1CCCC1CN. The molecular weight excluding hydrogens is 267 g/mol. The van der Waals surface area contributed by atoms with Crippen LogP contribution >= 0.6 is 0 Å². The first kappa shape index (κ1) is 14.4. The van der Waals surface area contributed by atoms with Gasteiger partial charge in [-0.2, -0.15) is 0 Å². The Morgan fingerprint density at radius 2 is 2.16 bits per heavy atom. The molecule has 1 aliphatic rings. The standard InChI is InChI=1S/C13H19FN2O2S/c1-9-7-11(14)5-6-13(9)19(17,18)16-12-4-2-3-10(12)8-15/h5-7,10,12,16H,2-4,8,15H2,1H3. The van der Waals surface area contributed by atoms with Crippen molar-refractivity contribution >= 4 is 10.0 Å². The molecule has 1 saturated carbocycles. The van der Waals surface area contributed by atoms with E-state index in [-0.39, 0.29) is 16.9 Å². The number of nitrogens with one attached hydrogen (secondary N) is 1. The van der Waals surface area contributed by atoms with Crippen molar-refractivity contribution in [3.05, 3.63) is 29.6 Å². The summed E-state index contributed by atoms with van der Waals surface area (Å²) in [4.78, 5) is 0.136. The zero-order valence-electron chi connectivity index (χ0n) is 10.9. The van der Waals surface area contributed by atoms with Gasteiger partial charge in [-0.3, -0.25) is 0 Å². The van der Waals surface area contributed by atoms with E-state index in [2.05, 4.69) is 4.72 Å². The predicted molar refractivity (Wildman–Crippen MR) is 71.6 cm³/mol. The third-order valence-electron chi connectivity index (χ3n) is 3.69. The normalized spacial score (nSPS) is 23.7. The van der Waals surface area contributed by atoms with Crippen LogP contribution in [0.15, 0.2) is 23.1 Å². The first-order chi connectivity index (χ1) is 8.94. The molecule has 0 spiro atoms. The number of aryl methyl sites for hydroxylation is 1. The van der Waals surface area contributed by atoms with E-state index in [1.807, 2.05) is 0 Å². The molecule has 3 N–H and O–H groups in total. The lowest BCUT2D eigenvalue weighted by Gasteiger charge is -2.20. The van der Waals surface area contributed by atoms with Crippen LogP contribution < -0.4 is 10.5 Å². The van der Waals surface area contributed by atoms with E-state index in [0.29, 0.717) is 12.1 Å². The minimum Gasteiger partial charge on any atom is -0.330 e. The Bertz CT molecular complexity index is 560. The average Bonchev–Trinajstić information content (AvgIpc) is 2.74. The van der Waals surface area contributed by atoms with Gasteiger partial charge in [-0.25, -0.2) is 17.5 Å². The Hall–Kier alpha value is -0.980. The van der Waals surface area contributed by atoms with Gasteiger partial charge in [0, 0.05) is 6.04 Å². The molecule has 2 rings (SSSR count). The minimum atomic E-state index is -3.61. The molecule has 1 aromatic rings. The number of rotatable bonds is 4. The van der Waals surface area contributed by atoms with Gasteiger partial charge in [0.2, 0.25) is 10.0 Å². The summed E-state index contributed by atoms with van der Waals surface area (Å²) < 4.78 is 40.3. The van der Waals surface area contributed by atoms with Crippen molar-refractivity contribution in [3.8, 4) is 0 Å². The Balaban J connectivity index is 2.23. The third-order valence-corrected chi connectivity index (χ3v) is 5.34. The number of benzene rings is 1. The van der Waals surface area contributed by atoms with Crippen LogP contribution in [-0.4, -0.2) is 21.0 Å². The van der Waals surface area contributed by atoms with Crippen molar-refractivity contribution in [1.29, 1.82) is 0 Å². The lowest BCUT2D eigenvalue weighted by molar-refractivity contribution is 0.452. The van der Waals surface area contributed by atoms with Crippen LogP contribution in [0.3, 0.4) is 0 Å². The molecule has 2 unspecified atom stereocenters. The fourth-order valence-corrected chi connectivity index (χ4v) is 4.22. The number of hydrogen-bond donors (Lipinski definition) is 2. The number of halogens is 1. The first-order valence-corrected chi connectivity index (χ1v) is 7.91. The maximum atomic E-state index is 13.0. The van der Waals surface area contributed by atoms with Gasteiger partial charge < -0.3 is 5.73 Å². The van der Waals surface area contributed by atoms with Crippen LogP contribution in [0.4, 0.5) is 4.39 Å². The fraction of sp³-hybridized carbons (Fsp3) is 0.538. The zero-order valence-corrected chi connectivity index (χ0v) is 11.7. The van der Waals surface area contributed by atoms with Gasteiger partial charge in [0.15, 0.2) is 0 Å². The summed E-state index contributed by atoms with van der Waals surface area (Å²) in [6, 6.07) is 3.58. The van der Waals surface area contributed by atoms with Crippen molar-refractivity contribution in [2.24, 2.45) is 11.7 Å². The lowest BCUT2D eigenvalue weighted by atomic mass is 10.1. The average molecular weight is 286 g/mol. The molecule has 0 heterocycles. The van der Waals surface area contributed by atoms with Crippen molar-refractivity contribution in [3.63, 3.8) is 0 Å². The zero-order chi connectivity index (χ0) is 14.0. The Labute approximate surface area is 113 Å². The Kier molecular flexibility index (Phi) is 4.23. The highest BCUT2D eigenvalue weighted by Gasteiger charge is 2.30. The molecule has 19 heavy (non-hydrogen) atoms. The van der Waals surface area contributed by atoms with Gasteiger partial charge in [-0.05, 0) is 56.0 Å². The molecule has 106 valence electrons. The van der Waals surface area contributed by atoms with E-state index >= 15 is 0 Å². The summed E-state index contributed by atoms with van der Waals surface area (Å²) in [5.41, 5.74) is 6.06. The molecule has 1 fully saturated rings. The van der Waals surface area contributed by atoms with Crippen molar-refractivity contribution < 1.29 is 12.8 Å². The van der Waals surface area contributed by atoms with E-state index in [9.17, 15) is 12.8 Å². The first-order valence-electron chi connectivity index (χ1n) is 6.42. The third kappa shape index (κ3) is 3.13. The van der Waals surface area contributed by atoms with Gasteiger partial charge in [-0.15, -0.1) is 0 Å². The van der Waals surface area contributed by atoms with E-state index in [0.717, 1.165) is 25.3 Å². The van der Waals surface area contributed by atoms with E-state index < -0.39 is 15.8 Å². The maximum absolute atomic E-state index is 13.0. The molecule has 0 aromatic heterocycles. The summed E-state index contributed by atoms with van der Waals surface area (Å²) in [5.74, 6) is -0.243. The lowest BCUT2D eigenvalue weighted by Crippen LogP contribution is -2.40. The monoisotopic (exact) mass is 286 g/mol. The van der Waals surface area contributed by atoms with Crippen LogP contribution in [0.2, 0.25) is 0 Å². The summed E-state index contributed by atoms with van der Waals surface area (Å²) in [6.45, 7) is 2.07. The molecule has 0 saturated heterocycles. The van der Waals surface area contributed by atoms with Crippen molar-refractivity contribution in [2.45, 2.75) is 37.1 Å². The van der Waals surface area contributed by atoms with Gasteiger partial charge >= 0.3 is 0 Å². The predicted octanol–water partition coefficient (Wildman–Crippen LogP) is 1.54. The number of sulfonamides is 1. The van der Waals surface area contributed by atoms with Gasteiger partial charge in [0.1, 0.15) is 5.82 Å². The molecule has 2 atom stereocenters. The number of nitrogens with two attached hydrogens (primary N) is 1. The Morgan fingerprint density at radius 3 is 2.79 bits per heavy atom. The van der Waals surface area contributed by atoms with Gasteiger partial charge in [-0.1, -0.05) is 6.42 Å².